The van der Waals surface area contributed by atoms with Crippen LogP contribution in [0.1, 0.15) is 86.0 Å². The van der Waals surface area contributed by atoms with E-state index in [0.717, 1.165) is 49.7 Å². The minimum atomic E-state index is -1.70. The number of allylic oxidation sites excluding steroid dienone is 1. The van der Waals surface area contributed by atoms with Crippen molar-refractivity contribution >= 4 is 0 Å². The second-order valence-electron chi connectivity index (χ2n) is 20.7. The molecule has 8 fully saturated rings. The molecular weight excluding hydrogens is 812 g/mol. The van der Waals surface area contributed by atoms with Crippen LogP contribution in [0.25, 0.3) is 0 Å². The second kappa shape index (κ2) is 16.8. The lowest BCUT2D eigenvalue weighted by molar-refractivity contribution is -0.373. The van der Waals surface area contributed by atoms with Crippen LogP contribution in [0.4, 0.5) is 0 Å². The Bertz CT molecular complexity index is 1670. The van der Waals surface area contributed by atoms with Crippen LogP contribution < -0.4 is 0 Å². The zero-order valence-corrected chi connectivity index (χ0v) is 36.4. The molecule has 17 nitrogen and oxygen atoms in total. The Morgan fingerprint density at radius 3 is 2.08 bits per heavy atom. The van der Waals surface area contributed by atoms with Crippen LogP contribution in [0.5, 0.6) is 0 Å². The first kappa shape index (κ1) is 45.9. The number of rotatable bonds is 7. The second-order valence-corrected chi connectivity index (χ2v) is 20.7. The highest BCUT2D eigenvalue weighted by atomic mass is 16.8. The van der Waals surface area contributed by atoms with E-state index in [1.807, 2.05) is 0 Å². The minimum absolute atomic E-state index is 0.00521. The van der Waals surface area contributed by atoms with Crippen molar-refractivity contribution in [1.29, 1.82) is 0 Å². The zero-order chi connectivity index (χ0) is 44.4. The molecule has 0 aromatic heterocycles. The topological polar surface area (TPSA) is 256 Å². The van der Waals surface area contributed by atoms with Crippen LogP contribution >= 0.6 is 0 Å². The highest BCUT2D eigenvalue weighted by Gasteiger charge is 2.70. The highest BCUT2D eigenvalue weighted by molar-refractivity contribution is 5.29. The van der Waals surface area contributed by atoms with Gasteiger partial charge in [-0.25, -0.2) is 0 Å². The molecule has 0 radical (unpaired) electrons. The van der Waals surface area contributed by atoms with Gasteiger partial charge in [-0.3, -0.25) is 0 Å². The average Bonchev–Trinajstić information content (AvgIpc) is 3.69. The van der Waals surface area contributed by atoms with E-state index in [-0.39, 0.29) is 35.7 Å². The molecule has 9 N–H and O–H groups in total. The maximum Gasteiger partial charge on any atom is 0.187 e. The fourth-order valence-electron chi connectivity index (χ4n) is 13.9. The Morgan fingerprint density at radius 1 is 0.742 bits per heavy atom. The summed E-state index contributed by atoms with van der Waals surface area (Å²) in [5.41, 5.74) is 1.56. The summed E-state index contributed by atoms with van der Waals surface area (Å²) in [6.45, 7) is 14.1. The summed E-state index contributed by atoms with van der Waals surface area (Å²) in [5.74, 6) is 0.704. The first-order valence-corrected chi connectivity index (χ1v) is 23.0. The lowest BCUT2D eigenvalue weighted by Gasteiger charge is -2.61. The Balaban J connectivity index is 1.02. The molecule has 9 aliphatic rings. The average molecular weight is 883 g/mol. The largest absolute Gasteiger partial charge is 0.394 e. The van der Waals surface area contributed by atoms with Crippen molar-refractivity contribution < 1.29 is 83.9 Å². The van der Waals surface area contributed by atoms with Gasteiger partial charge in [0.05, 0.1) is 43.7 Å². The van der Waals surface area contributed by atoms with E-state index in [2.05, 4.69) is 33.4 Å². The van der Waals surface area contributed by atoms with E-state index in [4.69, 9.17) is 37.9 Å². The van der Waals surface area contributed by atoms with Crippen molar-refractivity contribution in [2.45, 2.75) is 202 Å². The number of hydrogen-bond donors (Lipinski definition) is 9. The van der Waals surface area contributed by atoms with Crippen LogP contribution in [0, 0.1) is 40.4 Å². The SMILES string of the molecule is C=C1CCC2(OC1)OC1CC3C4CC=C5CC(OC6OC(CO)C(O)C(O)C6O)CC(OC6OC(C)C(O)C(O)C6OC6OC(C)C(O)C(O)C6O)C5(C)C4CCC3(C)C1C2C. The van der Waals surface area contributed by atoms with E-state index < -0.39 is 122 Å². The molecule has 9 rings (SSSR count). The Hall–Kier alpha value is -1.20. The summed E-state index contributed by atoms with van der Waals surface area (Å²) in [6, 6.07) is 0. The lowest BCUT2D eigenvalue weighted by atomic mass is 9.46. The van der Waals surface area contributed by atoms with Gasteiger partial charge in [0.2, 0.25) is 0 Å². The number of fused-ring (bicyclic) bond motifs is 7. The van der Waals surface area contributed by atoms with E-state index in [1.165, 1.54) is 6.92 Å². The molecule has 5 saturated heterocycles. The normalized spacial score (nSPS) is 57.7. The van der Waals surface area contributed by atoms with Crippen LogP contribution in [0.3, 0.4) is 0 Å². The van der Waals surface area contributed by atoms with Crippen molar-refractivity contribution in [2.75, 3.05) is 13.2 Å². The maximum atomic E-state index is 11.6. The number of aliphatic hydroxyl groups excluding tert-OH is 9. The van der Waals surface area contributed by atoms with Crippen LogP contribution in [0.2, 0.25) is 0 Å². The van der Waals surface area contributed by atoms with Gasteiger partial charge in [-0.2, -0.15) is 0 Å². The van der Waals surface area contributed by atoms with E-state index in [0.29, 0.717) is 24.9 Å². The van der Waals surface area contributed by atoms with Crippen molar-refractivity contribution in [3.05, 3.63) is 23.8 Å². The third kappa shape index (κ3) is 7.23. The van der Waals surface area contributed by atoms with Crippen LogP contribution in [-0.4, -0.2) is 175 Å². The lowest BCUT2D eigenvalue weighted by Crippen LogP contribution is -2.65. The van der Waals surface area contributed by atoms with Crippen LogP contribution in [-0.2, 0) is 37.9 Å². The van der Waals surface area contributed by atoms with Gasteiger partial charge in [-0.05, 0) is 81.5 Å². The van der Waals surface area contributed by atoms with E-state index in [9.17, 15) is 46.0 Å². The summed E-state index contributed by atoms with van der Waals surface area (Å²) >= 11 is 0. The van der Waals surface area contributed by atoms with Crippen molar-refractivity contribution in [3.63, 3.8) is 0 Å². The summed E-state index contributed by atoms with van der Waals surface area (Å²) in [5, 5.41) is 96.5. The Morgan fingerprint density at radius 2 is 1.40 bits per heavy atom. The molecular formula is C45H70O17. The molecule has 0 amide bonds. The molecule has 4 aliphatic carbocycles. The molecule has 352 valence electrons. The third-order valence-corrected chi connectivity index (χ3v) is 17.5. The molecule has 1 spiro atoms. The van der Waals surface area contributed by atoms with E-state index >= 15 is 0 Å². The van der Waals surface area contributed by atoms with Gasteiger partial charge in [0.25, 0.3) is 0 Å². The molecule has 5 aliphatic heterocycles. The summed E-state index contributed by atoms with van der Waals surface area (Å²) < 4.78 is 51.0. The van der Waals surface area contributed by atoms with E-state index in [1.54, 1.807) is 6.92 Å². The number of hydrogen-bond acceptors (Lipinski definition) is 17. The molecule has 26 atom stereocenters. The molecule has 5 heterocycles. The molecule has 17 heteroatoms. The molecule has 62 heavy (non-hydrogen) atoms. The van der Waals surface area contributed by atoms with Crippen LogP contribution in [0.15, 0.2) is 23.8 Å². The summed E-state index contributed by atoms with van der Waals surface area (Å²) in [7, 11) is 0. The van der Waals surface area contributed by atoms with Gasteiger partial charge in [0.1, 0.15) is 61.0 Å². The van der Waals surface area contributed by atoms with Gasteiger partial charge in [-0.15, -0.1) is 0 Å². The first-order chi connectivity index (χ1) is 29.3. The first-order valence-electron chi connectivity index (χ1n) is 23.0. The summed E-state index contributed by atoms with van der Waals surface area (Å²) in [6.07, 6.45) is -14.1. The predicted octanol–water partition coefficient (Wildman–Crippen LogP) is 0.133. The fraction of sp³-hybridized carbons (Fsp3) is 0.911. The molecule has 0 aromatic carbocycles. The van der Waals surface area contributed by atoms with Gasteiger partial charge in [0.15, 0.2) is 24.7 Å². The van der Waals surface area contributed by atoms with Crippen molar-refractivity contribution in [1.82, 2.24) is 0 Å². The zero-order valence-electron chi connectivity index (χ0n) is 36.4. The monoisotopic (exact) mass is 882 g/mol. The quantitative estimate of drug-likeness (QED) is 0.154. The molecule has 3 saturated carbocycles. The molecule has 0 aromatic rings. The van der Waals surface area contributed by atoms with Crippen molar-refractivity contribution in [2.24, 2.45) is 40.4 Å². The minimum Gasteiger partial charge on any atom is -0.394 e. The Kier molecular flexibility index (Phi) is 12.5. The van der Waals surface area contributed by atoms with Crippen molar-refractivity contribution in [3.8, 4) is 0 Å². The number of ether oxygens (including phenoxy) is 8. The van der Waals surface area contributed by atoms with Gasteiger partial charge < -0.3 is 83.9 Å². The smallest absolute Gasteiger partial charge is 0.187 e. The Labute approximate surface area is 362 Å². The molecule has 26 unspecified atom stereocenters. The highest BCUT2D eigenvalue weighted by Crippen LogP contribution is 2.71. The molecule has 0 bridgehead atoms. The third-order valence-electron chi connectivity index (χ3n) is 17.5. The number of aliphatic hydroxyl groups is 9. The maximum absolute atomic E-state index is 11.6. The van der Waals surface area contributed by atoms with Gasteiger partial charge in [0, 0.05) is 24.2 Å². The standard InChI is InChI=1S/C45H70O17/c1-18-9-12-45(55-17-18)19(2)30-27(62-45)15-26-24-8-7-22-13-23(58-41-38(54)35(51)33(49)28(16-46)59-41)14-29(44(22,6)25(24)10-11-43(26,30)5)60-42-39(36(52)32(48)21(4)57-42)61-40-37(53)34(50)31(47)20(3)56-40/h7,19-21,23-42,46-54H,1,8-17H2,2-6H3. The summed E-state index contributed by atoms with van der Waals surface area (Å²) in [4.78, 5) is 0. The van der Waals surface area contributed by atoms with Gasteiger partial charge in [-0.1, -0.05) is 44.6 Å². The predicted molar refractivity (Wildman–Crippen MR) is 214 cm³/mol. The fourth-order valence-corrected chi connectivity index (χ4v) is 13.9. The van der Waals surface area contributed by atoms with Gasteiger partial charge >= 0.3 is 0 Å².